The molecule has 1 unspecified atom stereocenters. The first kappa shape index (κ1) is 17.0. The van der Waals surface area contributed by atoms with Crippen molar-refractivity contribution in [3.8, 4) is 5.75 Å². The van der Waals surface area contributed by atoms with Crippen LogP contribution in [0.25, 0.3) is 0 Å². The number of likely N-dealkylation sites (N-methyl/N-ethyl adjacent to an activating group) is 1. The number of nitrogens with one attached hydrogen (secondary N) is 1. The number of aromatic nitrogens is 2. The first-order valence-electron chi connectivity index (χ1n) is 8.27. The molecule has 0 saturated heterocycles. The summed E-state index contributed by atoms with van der Waals surface area (Å²) in [5.41, 5.74) is 2.31. The second-order valence-corrected chi connectivity index (χ2v) is 7.00. The normalized spacial score (nSPS) is 17.9. The van der Waals surface area contributed by atoms with Crippen molar-refractivity contribution in [2.75, 3.05) is 33.8 Å². The molecule has 1 aliphatic heterocycles. The van der Waals surface area contributed by atoms with Gasteiger partial charge in [-0.05, 0) is 38.7 Å². The molecule has 1 aliphatic rings. The highest BCUT2D eigenvalue weighted by molar-refractivity contribution is 5.40. The van der Waals surface area contributed by atoms with E-state index < -0.39 is 5.60 Å². The van der Waals surface area contributed by atoms with E-state index in [2.05, 4.69) is 21.2 Å². The molecular formula is C18H26N4O2. The maximum atomic E-state index is 10.8. The predicted octanol–water partition coefficient (Wildman–Crippen LogP) is 1.57. The molecule has 24 heavy (non-hydrogen) atoms. The van der Waals surface area contributed by atoms with Crippen LogP contribution in [0, 0.1) is 0 Å². The molecule has 0 bridgehead atoms. The van der Waals surface area contributed by atoms with E-state index in [9.17, 15) is 5.11 Å². The molecule has 1 atom stereocenters. The molecular weight excluding hydrogens is 304 g/mol. The van der Waals surface area contributed by atoms with Crippen LogP contribution in [0.2, 0.25) is 0 Å². The lowest BCUT2D eigenvalue weighted by molar-refractivity contribution is 0.0299. The molecule has 0 spiro atoms. The molecule has 0 fully saturated rings. The van der Waals surface area contributed by atoms with Gasteiger partial charge >= 0.3 is 0 Å². The van der Waals surface area contributed by atoms with Crippen molar-refractivity contribution in [2.45, 2.75) is 25.6 Å². The van der Waals surface area contributed by atoms with Gasteiger partial charge in [0.15, 0.2) is 0 Å². The van der Waals surface area contributed by atoms with Crippen molar-refractivity contribution in [3.05, 3.63) is 47.3 Å². The minimum Gasteiger partial charge on any atom is -0.492 e. The number of hydrogen-bond donors (Lipinski definition) is 2. The first-order valence-corrected chi connectivity index (χ1v) is 8.27. The zero-order chi connectivity index (χ0) is 17.2. The van der Waals surface area contributed by atoms with Gasteiger partial charge in [0.1, 0.15) is 12.4 Å². The highest BCUT2D eigenvalue weighted by Crippen LogP contribution is 2.30. The van der Waals surface area contributed by atoms with Gasteiger partial charge in [-0.25, -0.2) is 0 Å². The van der Waals surface area contributed by atoms with Crippen LogP contribution in [0.1, 0.15) is 23.6 Å². The molecule has 2 aromatic rings. The number of hydrogen-bond acceptors (Lipinski definition) is 5. The van der Waals surface area contributed by atoms with Gasteiger partial charge in [0, 0.05) is 43.5 Å². The van der Waals surface area contributed by atoms with E-state index in [-0.39, 0.29) is 0 Å². The fourth-order valence-corrected chi connectivity index (χ4v) is 3.25. The van der Waals surface area contributed by atoms with Crippen molar-refractivity contribution in [1.82, 2.24) is 20.0 Å². The van der Waals surface area contributed by atoms with Crippen LogP contribution in [0.15, 0.2) is 30.6 Å². The van der Waals surface area contributed by atoms with E-state index in [1.54, 1.807) is 0 Å². The molecule has 2 heterocycles. The lowest BCUT2D eigenvalue weighted by Crippen LogP contribution is -2.34. The number of H-pyrrole nitrogens is 1. The van der Waals surface area contributed by atoms with Gasteiger partial charge in [0.2, 0.25) is 0 Å². The summed E-state index contributed by atoms with van der Waals surface area (Å²) in [5.74, 6) is 0.911. The Balaban J connectivity index is 1.81. The Morgan fingerprint density at radius 1 is 1.42 bits per heavy atom. The van der Waals surface area contributed by atoms with Crippen molar-refractivity contribution >= 4 is 0 Å². The average Bonchev–Trinajstić information content (AvgIpc) is 2.91. The largest absolute Gasteiger partial charge is 0.492 e. The second-order valence-electron chi connectivity index (χ2n) is 7.00. The van der Waals surface area contributed by atoms with Gasteiger partial charge in [-0.2, -0.15) is 5.10 Å². The Labute approximate surface area is 143 Å². The maximum absolute atomic E-state index is 10.8. The van der Waals surface area contributed by atoms with Gasteiger partial charge in [-0.3, -0.25) is 10.00 Å². The number of nitrogens with zero attached hydrogens (tertiary/aromatic N) is 3. The lowest BCUT2D eigenvalue weighted by atomic mass is 9.93. The Kier molecular flexibility index (Phi) is 4.89. The van der Waals surface area contributed by atoms with Crippen LogP contribution in [-0.4, -0.2) is 58.9 Å². The fourth-order valence-electron chi connectivity index (χ4n) is 3.25. The molecule has 6 heteroatoms. The van der Waals surface area contributed by atoms with Gasteiger partial charge in [0.05, 0.1) is 11.8 Å². The highest BCUT2D eigenvalue weighted by atomic mass is 16.5. The average molecular weight is 330 g/mol. The van der Waals surface area contributed by atoms with Crippen molar-refractivity contribution in [1.29, 1.82) is 0 Å². The summed E-state index contributed by atoms with van der Waals surface area (Å²) in [6, 6.07) is 6.02. The molecule has 3 rings (SSSR count). The standard InChI is InChI=1S/C18H26N4O2/c1-18(23,13-21(2)3)16-4-5-17-15(8-16)12-22(6-7-24-17)11-14-9-19-20-10-14/h4-5,8-10,23H,6-7,11-13H2,1-3H3,(H,19,20). The second kappa shape index (κ2) is 6.93. The number of aromatic amines is 1. The van der Waals surface area contributed by atoms with Gasteiger partial charge in [-0.1, -0.05) is 6.07 Å². The number of fused-ring (bicyclic) bond motifs is 1. The summed E-state index contributed by atoms with van der Waals surface area (Å²) in [7, 11) is 3.93. The van der Waals surface area contributed by atoms with Gasteiger partial charge in [-0.15, -0.1) is 0 Å². The van der Waals surface area contributed by atoms with Crippen LogP contribution in [0.3, 0.4) is 0 Å². The number of rotatable bonds is 5. The summed E-state index contributed by atoms with van der Waals surface area (Å²) in [5, 5.41) is 17.7. The molecule has 0 saturated carbocycles. The van der Waals surface area contributed by atoms with Crippen molar-refractivity contribution < 1.29 is 9.84 Å². The Bertz CT molecular complexity index is 668. The third-order valence-electron chi connectivity index (χ3n) is 4.33. The van der Waals surface area contributed by atoms with Crippen molar-refractivity contribution in [3.63, 3.8) is 0 Å². The van der Waals surface area contributed by atoms with Crippen LogP contribution < -0.4 is 4.74 Å². The molecule has 1 aromatic heterocycles. The van der Waals surface area contributed by atoms with Crippen molar-refractivity contribution in [2.24, 2.45) is 0 Å². The Morgan fingerprint density at radius 2 is 2.25 bits per heavy atom. The molecule has 2 N–H and O–H groups in total. The third kappa shape index (κ3) is 3.95. The Morgan fingerprint density at radius 3 is 2.96 bits per heavy atom. The van der Waals surface area contributed by atoms with E-state index in [1.165, 1.54) is 0 Å². The fraction of sp³-hybridized carbons (Fsp3) is 0.500. The van der Waals surface area contributed by atoms with E-state index in [1.807, 2.05) is 50.4 Å². The summed E-state index contributed by atoms with van der Waals surface area (Å²) in [6.07, 6.45) is 3.77. The van der Waals surface area contributed by atoms with Gasteiger partial charge in [0.25, 0.3) is 0 Å². The quantitative estimate of drug-likeness (QED) is 0.871. The van der Waals surface area contributed by atoms with Crippen LogP contribution in [-0.2, 0) is 18.7 Å². The van der Waals surface area contributed by atoms with Crippen LogP contribution >= 0.6 is 0 Å². The smallest absolute Gasteiger partial charge is 0.123 e. The number of ether oxygens (including phenoxy) is 1. The molecule has 130 valence electrons. The first-order chi connectivity index (χ1) is 11.4. The summed E-state index contributed by atoms with van der Waals surface area (Å²) in [4.78, 5) is 4.33. The topological polar surface area (TPSA) is 64.6 Å². The van der Waals surface area contributed by atoms with E-state index in [4.69, 9.17) is 4.74 Å². The zero-order valence-corrected chi connectivity index (χ0v) is 14.6. The third-order valence-corrected chi connectivity index (χ3v) is 4.33. The minimum atomic E-state index is -0.889. The van der Waals surface area contributed by atoms with E-state index in [0.717, 1.165) is 42.1 Å². The lowest BCUT2D eigenvalue weighted by Gasteiger charge is -2.28. The summed E-state index contributed by atoms with van der Waals surface area (Å²) < 4.78 is 5.89. The molecule has 0 radical (unpaired) electrons. The molecule has 1 aromatic carbocycles. The summed E-state index contributed by atoms with van der Waals surface area (Å²) >= 11 is 0. The summed E-state index contributed by atoms with van der Waals surface area (Å²) in [6.45, 7) is 5.59. The number of benzene rings is 1. The van der Waals surface area contributed by atoms with E-state index >= 15 is 0 Å². The zero-order valence-electron chi connectivity index (χ0n) is 14.6. The SMILES string of the molecule is CN(C)CC(C)(O)c1ccc2c(c1)CN(Cc1cn[nH]c1)CCO2. The van der Waals surface area contributed by atoms with Crippen LogP contribution in [0.4, 0.5) is 0 Å². The molecule has 6 nitrogen and oxygen atoms in total. The minimum absolute atomic E-state index is 0.575. The van der Waals surface area contributed by atoms with Gasteiger partial charge < -0.3 is 14.7 Å². The predicted molar refractivity (Wildman–Crippen MR) is 92.8 cm³/mol. The Hall–Kier alpha value is -1.89. The van der Waals surface area contributed by atoms with Crippen LogP contribution in [0.5, 0.6) is 5.75 Å². The monoisotopic (exact) mass is 330 g/mol. The molecule has 0 amide bonds. The number of aliphatic hydroxyl groups is 1. The van der Waals surface area contributed by atoms with E-state index in [0.29, 0.717) is 13.2 Å². The molecule has 0 aliphatic carbocycles. The highest BCUT2D eigenvalue weighted by Gasteiger charge is 2.26. The maximum Gasteiger partial charge on any atom is 0.123 e.